The van der Waals surface area contributed by atoms with Gasteiger partial charge < -0.3 is 10.2 Å². The van der Waals surface area contributed by atoms with Crippen molar-refractivity contribution in [3.63, 3.8) is 0 Å². The molecule has 2 amide bonds. The maximum Gasteiger partial charge on any atom is 0.270 e. The van der Waals surface area contributed by atoms with Gasteiger partial charge in [-0.25, -0.2) is 8.42 Å². The number of non-ortho nitro benzene ring substituents is 1. The molecule has 0 bridgehead atoms. The first kappa shape index (κ1) is 23.0. The molecule has 1 aromatic carbocycles. The van der Waals surface area contributed by atoms with Crippen LogP contribution in [0.4, 0.5) is 5.69 Å². The zero-order valence-electron chi connectivity index (χ0n) is 16.3. The van der Waals surface area contributed by atoms with Crippen molar-refractivity contribution in [1.82, 2.24) is 14.5 Å². The molecule has 2 rings (SSSR count). The van der Waals surface area contributed by atoms with E-state index in [2.05, 4.69) is 5.32 Å². The second-order valence-electron chi connectivity index (χ2n) is 7.10. The highest BCUT2D eigenvalue weighted by Crippen LogP contribution is 2.23. The van der Waals surface area contributed by atoms with Gasteiger partial charge in [-0.3, -0.25) is 19.7 Å². The summed E-state index contributed by atoms with van der Waals surface area (Å²) in [7, 11) is -3.32. The lowest BCUT2D eigenvalue weighted by Gasteiger charge is -2.36. The molecule has 0 radical (unpaired) electrons. The van der Waals surface area contributed by atoms with Gasteiger partial charge in [-0.1, -0.05) is 25.4 Å². The quantitative estimate of drug-likeness (QED) is 0.514. The normalized spacial score (nSPS) is 16.5. The standard InChI is InChI=1S/C17H23ClN4O6S/c1-11(2)15(17(24)20-6-8-21(9-7-20)29(3,27)28)19-16(23)13-5-4-12(22(25)26)10-14(13)18/h4-5,10-11,15H,6-9H2,1-3H3,(H,19,23). The highest BCUT2D eigenvalue weighted by Gasteiger charge is 2.33. The molecule has 1 fully saturated rings. The van der Waals surface area contributed by atoms with E-state index in [-0.39, 0.29) is 54.3 Å². The Labute approximate surface area is 174 Å². The average Bonchev–Trinajstić information content (AvgIpc) is 2.64. The Morgan fingerprint density at radius 1 is 1.21 bits per heavy atom. The summed E-state index contributed by atoms with van der Waals surface area (Å²) in [6, 6.07) is 2.63. The molecule has 1 heterocycles. The number of amides is 2. The lowest BCUT2D eigenvalue weighted by Crippen LogP contribution is -2.57. The van der Waals surface area contributed by atoms with Gasteiger partial charge in [0.25, 0.3) is 11.6 Å². The molecule has 160 valence electrons. The number of piperazine rings is 1. The van der Waals surface area contributed by atoms with Crippen LogP contribution in [0.2, 0.25) is 5.02 Å². The van der Waals surface area contributed by atoms with Crippen molar-refractivity contribution in [2.24, 2.45) is 5.92 Å². The number of nitrogens with one attached hydrogen (secondary N) is 1. The molecule has 10 nitrogen and oxygen atoms in total. The van der Waals surface area contributed by atoms with E-state index in [9.17, 15) is 28.1 Å². The van der Waals surface area contributed by atoms with Gasteiger partial charge in [0, 0.05) is 38.3 Å². The Bertz CT molecular complexity index is 912. The molecule has 1 atom stereocenters. The van der Waals surface area contributed by atoms with E-state index >= 15 is 0 Å². The van der Waals surface area contributed by atoms with Crippen molar-refractivity contribution < 1.29 is 22.9 Å². The van der Waals surface area contributed by atoms with E-state index in [1.165, 1.54) is 15.3 Å². The number of sulfonamides is 1. The van der Waals surface area contributed by atoms with Gasteiger partial charge >= 0.3 is 0 Å². The van der Waals surface area contributed by atoms with Crippen LogP contribution in [0.5, 0.6) is 0 Å². The first-order chi connectivity index (χ1) is 13.4. The molecule has 1 unspecified atom stereocenters. The summed E-state index contributed by atoms with van der Waals surface area (Å²) in [5.74, 6) is -1.18. The fourth-order valence-electron chi connectivity index (χ4n) is 2.97. The smallest absolute Gasteiger partial charge is 0.270 e. The predicted octanol–water partition coefficient (Wildman–Crippen LogP) is 1.11. The molecule has 0 saturated carbocycles. The molecule has 0 aliphatic carbocycles. The number of nitro benzene ring substituents is 1. The van der Waals surface area contributed by atoms with E-state index in [4.69, 9.17) is 11.6 Å². The lowest BCUT2D eigenvalue weighted by molar-refractivity contribution is -0.384. The number of carbonyl (C=O) groups excluding carboxylic acids is 2. The fraction of sp³-hybridized carbons (Fsp3) is 0.529. The van der Waals surface area contributed by atoms with E-state index in [0.29, 0.717) is 0 Å². The minimum atomic E-state index is -3.32. The first-order valence-corrected chi connectivity index (χ1v) is 11.1. The number of carbonyl (C=O) groups is 2. The summed E-state index contributed by atoms with van der Waals surface area (Å²) in [6.07, 6.45) is 1.12. The molecule has 0 aromatic heterocycles. The van der Waals surface area contributed by atoms with E-state index < -0.39 is 26.9 Å². The largest absolute Gasteiger partial charge is 0.340 e. The van der Waals surface area contributed by atoms with Crippen molar-refractivity contribution in [2.75, 3.05) is 32.4 Å². The molecule has 29 heavy (non-hydrogen) atoms. The molecular formula is C17H23ClN4O6S. The third-order valence-electron chi connectivity index (χ3n) is 4.65. The fourth-order valence-corrected chi connectivity index (χ4v) is 4.06. The lowest BCUT2D eigenvalue weighted by atomic mass is 10.0. The Morgan fingerprint density at radius 2 is 1.79 bits per heavy atom. The van der Waals surface area contributed by atoms with Gasteiger partial charge in [-0.15, -0.1) is 0 Å². The van der Waals surface area contributed by atoms with Crippen molar-refractivity contribution in [2.45, 2.75) is 19.9 Å². The first-order valence-electron chi connectivity index (χ1n) is 8.90. The molecule has 1 saturated heterocycles. The average molecular weight is 447 g/mol. The highest BCUT2D eigenvalue weighted by molar-refractivity contribution is 7.88. The van der Waals surface area contributed by atoms with E-state index in [1.54, 1.807) is 13.8 Å². The van der Waals surface area contributed by atoms with Gasteiger partial charge in [-0.05, 0) is 12.0 Å². The molecule has 0 spiro atoms. The maximum atomic E-state index is 12.9. The minimum absolute atomic E-state index is 0.0256. The number of halogens is 1. The number of hydrogen-bond acceptors (Lipinski definition) is 6. The second kappa shape index (κ2) is 9.06. The van der Waals surface area contributed by atoms with E-state index in [0.717, 1.165) is 18.4 Å². The summed E-state index contributed by atoms with van der Waals surface area (Å²) >= 11 is 6.00. The van der Waals surface area contributed by atoms with Crippen LogP contribution >= 0.6 is 11.6 Å². The van der Waals surface area contributed by atoms with Gasteiger partial charge in [0.05, 0.1) is 21.8 Å². The number of rotatable bonds is 6. The third-order valence-corrected chi connectivity index (χ3v) is 6.26. The Balaban J connectivity index is 2.11. The van der Waals surface area contributed by atoms with Gasteiger partial charge in [0.15, 0.2) is 0 Å². The topological polar surface area (TPSA) is 130 Å². The molecule has 1 aliphatic heterocycles. The molecule has 1 aromatic rings. The molecule has 1 N–H and O–H groups in total. The molecular weight excluding hydrogens is 424 g/mol. The third kappa shape index (κ3) is 5.64. The zero-order valence-corrected chi connectivity index (χ0v) is 17.9. The van der Waals surface area contributed by atoms with E-state index in [1.807, 2.05) is 0 Å². The Kier molecular flexibility index (Phi) is 7.20. The summed E-state index contributed by atoms with van der Waals surface area (Å²) in [5, 5.41) is 13.4. The van der Waals surface area contributed by atoms with Gasteiger partial charge in [-0.2, -0.15) is 4.31 Å². The molecule has 12 heteroatoms. The molecule has 1 aliphatic rings. The van der Waals surface area contributed by atoms with Crippen LogP contribution in [0, 0.1) is 16.0 Å². The predicted molar refractivity (Wildman–Crippen MR) is 107 cm³/mol. The number of hydrogen-bond donors (Lipinski definition) is 1. The van der Waals surface area contributed by atoms with Gasteiger partial charge in [0.1, 0.15) is 6.04 Å². The summed E-state index contributed by atoms with van der Waals surface area (Å²) < 4.78 is 24.5. The maximum absolute atomic E-state index is 12.9. The SMILES string of the molecule is CC(C)C(NC(=O)c1ccc([N+](=O)[O-])cc1Cl)C(=O)N1CCN(S(C)(=O)=O)CC1. The van der Waals surface area contributed by atoms with Crippen molar-refractivity contribution in [1.29, 1.82) is 0 Å². The monoisotopic (exact) mass is 446 g/mol. The van der Waals surface area contributed by atoms with Crippen molar-refractivity contribution in [3.05, 3.63) is 38.9 Å². The van der Waals surface area contributed by atoms with Crippen molar-refractivity contribution >= 4 is 39.1 Å². The zero-order chi connectivity index (χ0) is 21.9. The van der Waals surface area contributed by atoms with Crippen LogP contribution in [0.1, 0.15) is 24.2 Å². The van der Waals surface area contributed by atoms with Crippen LogP contribution < -0.4 is 5.32 Å². The second-order valence-corrected chi connectivity index (χ2v) is 9.49. The number of nitrogens with zero attached hydrogens (tertiary/aromatic N) is 3. The highest BCUT2D eigenvalue weighted by atomic mass is 35.5. The van der Waals surface area contributed by atoms with Crippen LogP contribution in [0.15, 0.2) is 18.2 Å². The summed E-state index contributed by atoms with van der Waals surface area (Å²) in [5.41, 5.74) is -0.218. The Morgan fingerprint density at radius 3 is 2.24 bits per heavy atom. The van der Waals surface area contributed by atoms with Crippen LogP contribution in [0.25, 0.3) is 0 Å². The number of benzene rings is 1. The van der Waals surface area contributed by atoms with Crippen molar-refractivity contribution in [3.8, 4) is 0 Å². The Hall–Kier alpha value is -2.24. The van der Waals surface area contributed by atoms with Crippen LogP contribution in [-0.4, -0.2) is 72.8 Å². The van der Waals surface area contributed by atoms with Gasteiger partial charge in [0.2, 0.25) is 15.9 Å². The van der Waals surface area contributed by atoms with Crippen LogP contribution in [0.3, 0.4) is 0 Å². The summed E-state index contributed by atoms with van der Waals surface area (Å²) in [6.45, 7) is 4.38. The number of nitro groups is 1. The minimum Gasteiger partial charge on any atom is -0.340 e. The summed E-state index contributed by atoms with van der Waals surface area (Å²) in [4.78, 5) is 37.2. The van der Waals surface area contributed by atoms with Crippen LogP contribution in [-0.2, 0) is 14.8 Å².